The Hall–Kier alpha value is -0.0300. The minimum atomic E-state index is 0.329. The first-order valence-electron chi connectivity index (χ1n) is 6.41. The highest BCUT2D eigenvalue weighted by atomic mass is 32.2. The van der Waals surface area contributed by atoms with Gasteiger partial charge in [0.05, 0.1) is 6.04 Å². The number of hydrazine groups is 1. The van der Waals surface area contributed by atoms with Crippen LogP contribution < -0.4 is 11.3 Å². The van der Waals surface area contributed by atoms with Gasteiger partial charge in [0.1, 0.15) is 0 Å². The molecular weight excluding hydrogens is 248 g/mol. The molecule has 0 radical (unpaired) electrons. The molecule has 0 aromatic carbocycles. The van der Waals surface area contributed by atoms with E-state index in [2.05, 4.69) is 25.3 Å². The summed E-state index contributed by atoms with van der Waals surface area (Å²) >= 11 is 4.01. The third-order valence-electron chi connectivity index (χ3n) is 3.45. The lowest BCUT2D eigenvalue weighted by Gasteiger charge is -2.21. The van der Waals surface area contributed by atoms with E-state index in [4.69, 9.17) is 5.84 Å². The molecule has 1 aromatic heterocycles. The second-order valence-electron chi connectivity index (χ2n) is 4.81. The molecule has 3 N–H and O–H groups in total. The lowest BCUT2D eigenvalue weighted by molar-refractivity contribution is 0.373. The number of fused-ring (bicyclic) bond motifs is 1. The highest BCUT2D eigenvalue weighted by Gasteiger charge is 2.22. The number of aryl methyl sites for hydroxylation is 1. The van der Waals surface area contributed by atoms with E-state index in [1.165, 1.54) is 35.6 Å². The first-order chi connectivity index (χ1) is 8.26. The van der Waals surface area contributed by atoms with Crippen LogP contribution >= 0.6 is 23.1 Å². The summed E-state index contributed by atoms with van der Waals surface area (Å²) in [6.07, 6.45) is 3.69. The van der Waals surface area contributed by atoms with Gasteiger partial charge >= 0.3 is 0 Å². The Morgan fingerprint density at radius 1 is 1.53 bits per heavy atom. The van der Waals surface area contributed by atoms with Crippen LogP contribution in [0, 0.1) is 5.92 Å². The van der Waals surface area contributed by atoms with Gasteiger partial charge in [-0.2, -0.15) is 11.8 Å². The van der Waals surface area contributed by atoms with Gasteiger partial charge in [-0.25, -0.2) is 0 Å². The van der Waals surface area contributed by atoms with Gasteiger partial charge in [-0.05, 0) is 36.1 Å². The normalized spacial score (nSPS) is 18.8. The zero-order valence-electron chi connectivity index (χ0n) is 10.7. The molecule has 2 heterocycles. The number of hydrogen-bond acceptors (Lipinski definition) is 4. The van der Waals surface area contributed by atoms with E-state index < -0.39 is 0 Å². The Kier molecular flexibility index (Phi) is 4.91. The fourth-order valence-electron chi connectivity index (χ4n) is 2.47. The SMILES string of the molecule is CCCC(C)C(NN)c1cc2c(s1)CCSC2. The fourth-order valence-corrected chi connectivity index (χ4v) is 5.04. The lowest BCUT2D eigenvalue weighted by Crippen LogP contribution is -2.31. The number of nitrogens with one attached hydrogen (secondary N) is 1. The molecule has 0 saturated carbocycles. The van der Waals surface area contributed by atoms with E-state index >= 15 is 0 Å². The topological polar surface area (TPSA) is 38.0 Å². The summed E-state index contributed by atoms with van der Waals surface area (Å²) in [6.45, 7) is 4.53. The van der Waals surface area contributed by atoms with E-state index in [0.29, 0.717) is 12.0 Å². The van der Waals surface area contributed by atoms with E-state index in [9.17, 15) is 0 Å². The molecule has 0 fully saturated rings. The van der Waals surface area contributed by atoms with Crippen LogP contribution in [0.2, 0.25) is 0 Å². The van der Waals surface area contributed by atoms with Crippen molar-refractivity contribution in [2.24, 2.45) is 11.8 Å². The Bertz CT molecular complexity index is 339. The van der Waals surface area contributed by atoms with Gasteiger partial charge in [0.25, 0.3) is 0 Å². The summed E-state index contributed by atoms with van der Waals surface area (Å²) in [4.78, 5) is 3.02. The number of thioether (sulfide) groups is 1. The maximum Gasteiger partial charge on any atom is 0.0578 e. The Labute approximate surface area is 112 Å². The third kappa shape index (κ3) is 3.05. The minimum Gasteiger partial charge on any atom is -0.271 e. The molecule has 1 aliphatic rings. The van der Waals surface area contributed by atoms with Crippen molar-refractivity contribution in [3.8, 4) is 0 Å². The molecule has 1 aliphatic heterocycles. The van der Waals surface area contributed by atoms with Gasteiger partial charge in [0.15, 0.2) is 0 Å². The lowest BCUT2D eigenvalue weighted by atomic mass is 9.96. The van der Waals surface area contributed by atoms with Gasteiger partial charge in [-0.15, -0.1) is 11.3 Å². The first-order valence-corrected chi connectivity index (χ1v) is 8.38. The molecular formula is C13H22N2S2. The van der Waals surface area contributed by atoms with Crippen molar-refractivity contribution in [3.05, 3.63) is 21.4 Å². The quantitative estimate of drug-likeness (QED) is 0.635. The van der Waals surface area contributed by atoms with Crippen LogP contribution in [-0.2, 0) is 12.2 Å². The molecule has 1 aromatic rings. The smallest absolute Gasteiger partial charge is 0.0578 e. The Balaban J connectivity index is 2.16. The second-order valence-corrected chi connectivity index (χ2v) is 7.08. The number of rotatable bonds is 5. The Morgan fingerprint density at radius 2 is 2.35 bits per heavy atom. The monoisotopic (exact) mass is 270 g/mol. The molecule has 96 valence electrons. The molecule has 2 atom stereocenters. The van der Waals surface area contributed by atoms with E-state index in [1.54, 1.807) is 10.4 Å². The summed E-state index contributed by atoms with van der Waals surface area (Å²) < 4.78 is 0. The first kappa shape index (κ1) is 13.4. The van der Waals surface area contributed by atoms with Crippen molar-refractivity contribution in [1.29, 1.82) is 0 Å². The van der Waals surface area contributed by atoms with E-state index in [1.807, 2.05) is 23.1 Å². The molecule has 0 aliphatic carbocycles. The maximum atomic E-state index is 5.75. The number of nitrogens with two attached hydrogens (primary N) is 1. The average molecular weight is 270 g/mol. The van der Waals surface area contributed by atoms with Crippen molar-refractivity contribution in [1.82, 2.24) is 5.43 Å². The van der Waals surface area contributed by atoms with Gasteiger partial charge in [0, 0.05) is 15.5 Å². The largest absolute Gasteiger partial charge is 0.271 e. The van der Waals surface area contributed by atoms with E-state index in [-0.39, 0.29) is 0 Å². The number of thiophene rings is 1. The van der Waals surface area contributed by atoms with Crippen molar-refractivity contribution in [2.45, 2.75) is 44.9 Å². The summed E-state index contributed by atoms with van der Waals surface area (Å²) in [5, 5.41) is 0. The maximum absolute atomic E-state index is 5.75. The summed E-state index contributed by atoms with van der Waals surface area (Å²) in [6, 6.07) is 2.71. The van der Waals surface area contributed by atoms with E-state index in [0.717, 1.165) is 0 Å². The van der Waals surface area contributed by atoms with Gasteiger partial charge in [-0.3, -0.25) is 11.3 Å². The molecule has 0 amide bonds. The summed E-state index contributed by atoms with van der Waals surface area (Å²) in [5.74, 6) is 8.82. The van der Waals surface area contributed by atoms with Crippen LogP contribution in [0.25, 0.3) is 0 Å². The fraction of sp³-hybridized carbons (Fsp3) is 0.692. The van der Waals surface area contributed by atoms with Crippen molar-refractivity contribution in [2.75, 3.05) is 5.75 Å². The molecule has 2 rings (SSSR count). The van der Waals surface area contributed by atoms with Crippen LogP contribution in [0.1, 0.15) is 48.0 Å². The average Bonchev–Trinajstić information content (AvgIpc) is 2.73. The van der Waals surface area contributed by atoms with Gasteiger partial charge in [0.2, 0.25) is 0 Å². The molecule has 2 nitrogen and oxygen atoms in total. The standard InChI is InChI=1S/C13H22N2S2/c1-3-4-9(2)13(15-14)12-7-10-8-16-6-5-11(10)17-12/h7,9,13,15H,3-6,8,14H2,1-2H3. The van der Waals surface area contributed by atoms with Crippen molar-refractivity contribution >= 4 is 23.1 Å². The molecule has 2 unspecified atom stereocenters. The van der Waals surface area contributed by atoms with Gasteiger partial charge in [-0.1, -0.05) is 20.3 Å². The van der Waals surface area contributed by atoms with Crippen LogP contribution in [0.15, 0.2) is 6.07 Å². The van der Waals surface area contributed by atoms with Gasteiger partial charge < -0.3 is 0 Å². The predicted octanol–water partition coefficient (Wildman–Crippen LogP) is 3.48. The minimum absolute atomic E-state index is 0.329. The van der Waals surface area contributed by atoms with Crippen LogP contribution in [0.4, 0.5) is 0 Å². The van der Waals surface area contributed by atoms with Crippen LogP contribution in [-0.4, -0.2) is 5.75 Å². The molecule has 0 spiro atoms. The second kappa shape index (κ2) is 6.23. The highest BCUT2D eigenvalue weighted by Crippen LogP contribution is 2.37. The predicted molar refractivity (Wildman–Crippen MR) is 78.3 cm³/mol. The Morgan fingerprint density at radius 3 is 3.00 bits per heavy atom. The van der Waals surface area contributed by atoms with Crippen molar-refractivity contribution in [3.63, 3.8) is 0 Å². The van der Waals surface area contributed by atoms with Crippen molar-refractivity contribution < 1.29 is 0 Å². The molecule has 0 saturated heterocycles. The highest BCUT2D eigenvalue weighted by molar-refractivity contribution is 7.98. The summed E-state index contributed by atoms with van der Waals surface area (Å²) in [5.41, 5.74) is 4.56. The van der Waals surface area contributed by atoms with Crippen LogP contribution in [0.5, 0.6) is 0 Å². The molecule has 17 heavy (non-hydrogen) atoms. The molecule has 0 bridgehead atoms. The summed E-state index contributed by atoms with van der Waals surface area (Å²) in [7, 11) is 0. The number of hydrogen-bond donors (Lipinski definition) is 2. The third-order valence-corrected chi connectivity index (χ3v) is 5.77. The van der Waals surface area contributed by atoms with Crippen LogP contribution in [0.3, 0.4) is 0 Å². The zero-order chi connectivity index (χ0) is 12.3. The molecule has 4 heteroatoms. The zero-order valence-corrected chi connectivity index (χ0v) is 12.3.